The molecule has 0 amide bonds. The van der Waals surface area contributed by atoms with E-state index in [-0.39, 0.29) is 0 Å². The molecule has 2 N–H and O–H groups in total. The van der Waals surface area contributed by atoms with Gasteiger partial charge in [0.1, 0.15) is 5.82 Å². The number of hydrogen-bond acceptors (Lipinski definition) is 2. The molecule has 1 aromatic heterocycles. The van der Waals surface area contributed by atoms with Crippen molar-refractivity contribution >= 4 is 5.82 Å². The third-order valence-corrected chi connectivity index (χ3v) is 2.45. The highest BCUT2D eigenvalue weighted by molar-refractivity contribution is 5.25. The van der Waals surface area contributed by atoms with Gasteiger partial charge in [-0.15, -0.1) is 0 Å². The standard InChI is InChI=1S/C12H15N3/c1-2-10-3-5-11(6-4-10)7-15-8-12(13)14-9-15/h3-6,8-9H,2,7,13H2,1H3. The maximum atomic E-state index is 5.55. The number of nitrogens with zero attached hydrogens (tertiary/aromatic N) is 2. The SMILES string of the molecule is CCc1ccc(Cn2cnc(N)c2)cc1. The fraction of sp³-hybridized carbons (Fsp3) is 0.250. The minimum Gasteiger partial charge on any atom is -0.382 e. The number of benzene rings is 1. The quantitative estimate of drug-likeness (QED) is 0.826. The summed E-state index contributed by atoms with van der Waals surface area (Å²) < 4.78 is 1.98. The van der Waals surface area contributed by atoms with E-state index in [1.54, 1.807) is 6.33 Å². The molecule has 2 rings (SSSR count). The molecular formula is C12H15N3. The number of imidazole rings is 1. The molecular weight excluding hydrogens is 186 g/mol. The van der Waals surface area contributed by atoms with Gasteiger partial charge in [-0.2, -0.15) is 0 Å². The molecule has 0 saturated carbocycles. The summed E-state index contributed by atoms with van der Waals surface area (Å²) >= 11 is 0. The van der Waals surface area contributed by atoms with Gasteiger partial charge in [0.25, 0.3) is 0 Å². The average molecular weight is 201 g/mol. The fourth-order valence-corrected chi connectivity index (χ4v) is 1.56. The van der Waals surface area contributed by atoms with E-state index in [0.29, 0.717) is 5.82 Å². The molecule has 0 atom stereocenters. The molecule has 0 aliphatic heterocycles. The van der Waals surface area contributed by atoms with Gasteiger partial charge in [0.2, 0.25) is 0 Å². The Bertz CT molecular complexity index is 428. The number of nitrogens with two attached hydrogens (primary N) is 1. The zero-order valence-electron chi connectivity index (χ0n) is 8.85. The van der Waals surface area contributed by atoms with Gasteiger partial charge in [-0.1, -0.05) is 31.2 Å². The lowest BCUT2D eigenvalue weighted by Crippen LogP contribution is -1.96. The topological polar surface area (TPSA) is 43.8 Å². The Morgan fingerprint density at radius 1 is 1.20 bits per heavy atom. The van der Waals surface area contributed by atoms with Crippen LogP contribution in [0.15, 0.2) is 36.8 Å². The Labute approximate surface area is 89.6 Å². The Balaban J connectivity index is 2.11. The van der Waals surface area contributed by atoms with Crippen molar-refractivity contribution in [3.63, 3.8) is 0 Å². The van der Waals surface area contributed by atoms with E-state index in [2.05, 4.69) is 36.2 Å². The normalized spacial score (nSPS) is 10.5. The lowest BCUT2D eigenvalue weighted by molar-refractivity contribution is 0.797. The molecule has 78 valence electrons. The van der Waals surface area contributed by atoms with Gasteiger partial charge in [0, 0.05) is 12.7 Å². The number of anilines is 1. The lowest BCUT2D eigenvalue weighted by atomic mass is 10.1. The van der Waals surface area contributed by atoms with Crippen LogP contribution in [0.5, 0.6) is 0 Å². The first-order valence-corrected chi connectivity index (χ1v) is 5.13. The second kappa shape index (κ2) is 4.17. The van der Waals surface area contributed by atoms with Crippen LogP contribution in [0.4, 0.5) is 5.82 Å². The average Bonchev–Trinajstić information content (AvgIpc) is 2.65. The van der Waals surface area contributed by atoms with Crippen molar-refractivity contribution < 1.29 is 0 Å². The molecule has 0 unspecified atom stereocenters. The first-order valence-electron chi connectivity index (χ1n) is 5.13. The van der Waals surface area contributed by atoms with Crippen LogP contribution in [0, 0.1) is 0 Å². The maximum absolute atomic E-state index is 5.55. The van der Waals surface area contributed by atoms with Crippen LogP contribution in [0.1, 0.15) is 18.1 Å². The predicted octanol–water partition coefficient (Wildman–Crippen LogP) is 2.08. The number of hydrogen-bond donors (Lipinski definition) is 1. The van der Waals surface area contributed by atoms with Crippen molar-refractivity contribution in [1.29, 1.82) is 0 Å². The van der Waals surface area contributed by atoms with Crippen LogP contribution >= 0.6 is 0 Å². The molecule has 0 aliphatic rings. The van der Waals surface area contributed by atoms with Crippen molar-refractivity contribution in [3.05, 3.63) is 47.9 Å². The Hall–Kier alpha value is -1.77. The van der Waals surface area contributed by atoms with Crippen LogP contribution in [-0.4, -0.2) is 9.55 Å². The van der Waals surface area contributed by atoms with E-state index in [1.807, 2.05) is 10.8 Å². The number of aryl methyl sites for hydroxylation is 1. The molecule has 0 radical (unpaired) electrons. The van der Waals surface area contributed by atoms with E-state index >= 15 is 0 Å². The van der Waals surface area contributed by atoms with E-state index < -0.39 is 0 Å². The summed E-state index contributed by atoms with van der Waals surface area (Å²) in [5.41, 5.74) is 8.18. The third kappa shape index (κ3) is 2.37. The molecule has 1 heterocycles. The van der Waals surface area contributed by atoms with Crippen LogP contribution in [0.25, 0.3) is 0 Å². The molecule has 3 nitrogen and oxygen atoms in total. The summed E-state index contributed by atoms with van der Waals surface area (Å²) in [7, 11) is 0. The highest BCUT2D eigenvalue weighted by atomic mass is 15.1. The molecule has 0 fully saturated rings. The van der Waals surface area contributed by atoms with Gasteiger partial charge in [-0.25, -0.2) is 4.98 Å². The highest BCUT2D eigenvalue weighted by Crippen LogP contribution is 2.07. The maximum Gasteiger partial charge on any atom is 0.141 e. The molecule has 0 spiro atoms. The minimum absolute atomic E-state index is 0.570. The largest absolute Gasteiger partial charge is 0.382 e. The van der Waals surface area contributed by atoms with Crippen molar-refractivity contribution in [2.75, 3.05) is 5.73 Å². The first-order chi connectivity index (χ1) is 7.28. The van der Waals surface area contributed by atoms with Crippen LogP contribution < -0.4 is 5.73 Å². The lowest BCUT2D eigenvalue weighted by Gasteiger charge is -2.03. The highest BCUT2D eigenvalue weighted by Gasteiger charge is 1.96. The summed E-state index contributed by atoms with van der Waals surface area (Å²) in [5.74, 6) is 0.570. The van der Waals surface area contributed by atoms with E-state index in [4.69, 9.17) is 5.73 Å². The minimum atomic E-state index is 0.570. The van der Waals surface area contributed by atoms with E-state index in [9.17, 15) is 0 Å². The van der Waals surface area contributed by atoms with Crippen LogP contribution in [0.2, 0.25) is 0 Å². The van der Waals surface area contributed by atoms with Gasteiger partial charge in [0.15, 0.2) is 0 Å². The molecule has 0 aliphatic carbocycles. The van der Waals surface area contributed by atoms with Gasteiger partial charge in [-0.3, -0.25) is 0 Å². The molecule has 0 bridgehead atoms. The Morgan fingerprint density at radius 2 is 1.87 bits per heavy atom. The number of rotatable bonds is 3. The van der Waals surface area contributed by atoms with Gasteiger partial charge >= 0.3 is 0 Å². The van der Waals surface area contributed by atoms with Gasteiger partial charge in [-0.05, 0) is 17.5 Å². The summed E-state index contributed by atoms with van der Waals surface area (Å²) in [6, 6.07) is 8.62. The zero-order valence-corrected chi connectivity index (χ0v) is 8.85. The summed E-state index contributed by atoms with van der Waals surface area (Å²) in [5, 5.41) is 0. The number of aromatic nitrogens is 2. The second-order valence-corrected chi connectivity index (χ2v) is 3.64. The molecule has 1 aromatic carbocycles. The summed E-state index contributed by atoms with van der Waals surface area (Å²) in [4.78, 5) is 3.99. The molecule has 2 aromatic rings. The molecule has 0 saturated heterocycles. The summed E-state index contributed by atoms with van der Waals surface area (Å²) in [6.45, 7) is 2.99. The van der Waals surface area contributed by atoms with E-state index in [1.165, 1.54) is 11.1 Å². The van der Waals surface area contributed by atoms with Crippen LogP contribution in [-0.2, 0) is 13.0 Å². The Morgan fingerprint density at radius 3 is 2.40 bits per heavy atom. The summed E-state index contributed by atoms with van der Waals surface area (Å²) in [6.07, 6.45) is 4.68. The zero-order chi connectivity index (χ0) is 10.7. The van der Waals surface area contributed by atoms with E-state index in [0.717, 1.165) is 13.0 Å². The van der Waals surface area contributed by atoms with Crippen molar-refractivity contribution in [2.45, 2.75) is 19.9 Å². The first kappa shape index (κ1) is 9.77. The number of nitrogen functional groups attached to an aromatic ring is 1. The molecule has 15 heavy (non-hydrogen) atoms. The van der Waals surface area contributed by atoms with Crippen LogP contribution in [0.3, 0.4) is 0 Å². The van der Waals surface area contributed by atoms with Crippen molar-refractivity contribution in [1.82, 2.24) is 9.55 Å². The van der Waals surface area contributed by atoms with Crippen molar-refractivity contribution in [2.24, 2.45) is 0 Å². The smallest absolute Gasteiger partial charge is 0.141 e. The van der Waals surface area contributed by atoms with Crippen molar-refractivity contribution in [3.8, 4) is 0 Å². The van der Waals surface area contributed by atoms with Gasteiger partial charge in [0.05, 0.1) is 6.33 Å². The van der Waals surface area contributed by atoms with Gasteiger partial charge < -0.3 is 10.3 Å². The molecule has 3 heteroatoms. The predicted molar refractivity (Wildman–Crippen MR) is 61.6 cm³/mol. The second-order valence-electron chi connectivity index (χ2n) is 3.64. The fourth-order valence-electron chi connectivity index (χ4n) is 1.56. The third-order valence-electron chi connectivity index (χ3n) is 2.45. The Kier molecular flexibility index (Phi) is 2.72. The monoisotopic (exact) mass is 201 g/mol.